The molecule has 1 N–H and O–H groups in total. The van der Waals surface area contributed by atoms with Crippen LogP contribution in [-0.2, 0) is 16.1 Å². The molecule has 0 radical (unpaired) electrons. The molecule has 0 saturated heterocycles. The number of amides is 1. The molecule has 1 fully saturated rings. The molecule has 28 heavy (non-hydrogen) atoms. The first-order valence-electron chi connectivity index (χ1n) is 9.88. The van der Waals surface area contributed by atoms with E-state index in [1.54, 1.807) is 16.7 Å². The molecule has 1 aliphatic rings. The first-order chi connectivity index (χ1) is 13.4. The third-order valence-electron chi connectivity index (χ3n) is 5.41. The molecule has 2 aromatic heterocycles. The normalized spacial score (nSPS) is 19.4. The monoisotopic (exact) mass is 385 g/mol. The summed E-state index contributed by atoms with van der Waals surface area (Å²) in [5.74, 6) is -0.705. The number of nitrogens with zero attached hydrogens (tertiary/aromatic N) is 2. The standard InChI is InChI=1S/C21H27N3O4/c1-4-24-11-16(19(26)15-10-9-14(3)22-20(15)24)21(27)28-12-18(25)23-17-8-6-5-7-13(17)2/h9-11,13,17H,4-8,12H2,1-3H3,(H,23,25). The highest BCUT2D eigenvalue weighted by Gasteiger charge is 2.24. The number of pyridine rings is 2. The molecule has 1 aliphatic carbocycles. The third kappa shape index (κ3) is 4.24. The lowest BCUT2D eigenvalue weighted by Gasteiger charge is -2.29. The molecule has 7 heteroatoms. The van der Waals surface area contributed by atoms with Crippen LogP contribution in [0.25, 0.3) is 11.0 Å². The van der Waals surface area contributed by atoms with Crippen molar-refractivity contribution in [2.75, 3.05) is 6.61 Å². The quantitative estimate of drug-likeness (QED) is 0.799. The molecule has 150 valence electrons. The van der Waals surface area contributed by atoms with Gasteiger partial charge in [0.25, 0.3) is 5.91 Å². The molecule has 7 nitrogen and oxygen atoms in total. The number of aryl methyl sites for hydroxylation is 2. The number of nitrogens with one attached hydrogen (secondary N) is 1. The fourth-order valence-electron chi connectivity index (χ4n) is 3.73. The van der Waals surface area contributed by atoms with Crippen molar-refractivity contribution in [2.45, 2.75) is 59.0 Å². The predicted octanol–water partition coefficient (Wildman–Crippen LogP) is 2.58. The van der Waals surface area contributed by atoms with Crippen LogP contribution in [0.4, 0.5) is 0 Å². The molecule has 2 atom stereocenters. The predicted molar refractivity (Wildman–Crippen MR) is 106 cm³/mol. The van der Waals surface area contributed by atoms with Crippen LogP contribution in [0.15, 0.2) is 23.1 Å². The van der Waals surface area contributed by atoms with E-state index < -0.39 is 18.0 Å². The second-order valence-electron chi connectivity index (χ2n) is 7.49. The number of ether oxygens (including phenoxy) is 1. The van der Waals surface area contributed by atoms with E-state index in [0.717, 1.165) is 25.0 Å². The maximum absolute atomic E-state index is 12.7. The van der Waals surface area contributed by atoms with Crippen molar-refractivity contribution in [1.82, 2.24) is 14.9 Å². The Balaban J connectivity index is 1.73. The number of fused-ring (bicyclic) bond motifs is 1. The molecule has 2 unspecified atom stereocenters. The lowest BCUT2D eigenvalue weighted by Crippen LogP contribution is -2.43. The minimum atomic E-state index is -0.790. The molecule has 1 amide bonds. The van der Waals surface area contributed by atoms with Gasteiger partial charge in [-0.25, -0.2) is 9.78 Å². The minimum absolute atomic E-state index is 0.0844. The van der Waals surface area contributed by atoms with Crippen LogP contribution in [0, 0.1) is 12.8 Å². The van der Waals surface area contributed by atoms with Crippen LogP contribution in [0.5, 0.6) is 0 Å². The maximum Gasteiger partial charge on any atom is 0.344 e. The van der Waals surface area contributed by atoms with E-state index in [4.69, 9.17) is 4.74 Å². The van der Waals surface area contributed by atoms with Crippen molar-refractivity contribution < 1.29 is 14.3 Å². The van der Waals surface area contributed by atoms with Gasteiger partial charge in [0.1, 0.15) is 11.2 Å². The fraction of sp³-hybridized carbons (Fsp3) is 0.524. The van der Waals surface area contributed by atoms with Crippen molar-refractivity contribution in [1.29, 1.82) is 0 Å². The Morgan fingerprint density at radius 3 is 2.75 bits per heavy atom. The van der Waals surface area contributed by atoms with Gasteiger partial charge in [-0.05, 0) is 44.7 Å². The maximum atomic E-state index is 12.7. The summed E-state index contributed by atoms with van der Waals surface area (Å²) in [6, 6.07) is 3.52. The number of esters is 1. The van der Waals surface area contributed by atoms with E-state index in [1.807, 2.05) is 13.8 Å². The van der Waals surface area contributed by atoms with Gasteiger partial charge in [-0.15, -0.1) is 0 Å². The fourth-order valence-corrected chi connectivity index (χ4v) is 3.73. The molecule has 0 spiro atoms. The molecule has 0 aliphatic heterocycles. The zero-order chi connectivity index (χ0) is 20.3. The number of aromatic nitrogens is 2. The lowest BCUT2D eigenvalue weighted by molar-refractivity contribution is -0.125. The van der Waals surface area contributed by atoms with Gasteiger partial charge in [0.2, 0.25) is 5.43 Å². The van der Waals surface area contributed by atoms with Gasteiger partial charge in [0, 0.05) is 24.5 Å². The summed E-state index contributed by atoms with van der Waals surface area (Å²) in [5.41, 5.74) is 0.809. The van der Waals surface area contributed by atoms with Gasteiger partial charge in [-0.3, -0.25) is 9.59 Å². The van der Waals surface area contributed by atoms with Gasteiger partial charge in [-0.1, -0.05) is 19.8 Å². The highest BCUT2D eigenvalue weighted by molar-refractivity contribution is 5.94. The summed E-state index contributed by atoms with van der Waals surface area (Å²) in [6.45, 7) is 6.03. The van der Waals surface area contributed by atoms with Crippen LogP contribution >= 0.6 is 0 Å². The first-order valence-corrected chi connectivity index (χ1v) is 9.88. The smallest absolute Gasteiger partial charge is 0.344 e. The minimum Gasteiger partial charge on any atom is -0.452 e. The second kappa shape index (κ2) is 8.54. The Bertz CT molecular complexity index is 951. The lowest BCUT2D eigenvalue weighted by atomic mass is 9.86. The van der Waals surface area contributed by atoms with E-state index in [9.17, 15) is 14.4 Å². The Labute approximate surface area is 164 Å². The number of rotatable bonds is 5. The summed E-state index contributed by atoms with van der Waals surface area (Å²) < 4.78 is 6.88. The third-order valence-corrected chi connectivity index (χ3v) is 5.41. The van der Waals surface area contributed by atoms with E-state index in [0.29, 0.717) is 23.5 Å². The van der Waals surface area contributed by atoms with E-state index in [1.165, 1.54) is 12.6 Å². The van der Waals surface area contributed by atoms with E-state index in [2.05, 4.69) is 17.2 Å². The van der Waals surface area contributed by atoms with Crippen LogP contribution in [0.1, 0.15) is 55.6 Å². The van der Waals surface area contributed by atoms with Crippen molar-refractivity contribution >= 4 is 22.9 Å². The molecule has 0 aromatic carbocycles. The van der Waals surface area contributed by atoms with E-state index in [-0.39, 0.29) is 17.5 Å². The van der Waals surface area contributed by atoms with Crippen molar-refractivity contribution in [2.24, 2.45) is 5.92 Å². The molecule has 2 aromatic rings. The molecule has 0 bridgehead atoms. The number of carbonyl (C=O) groups is 2. The summed E-state index contributed by atoms with van der Waals surface area (Å²) in [4.78, 5) is 41.7. The molecule has 2 heterocycles. The highest BCUT2D eigenvalue weighted by Crippen LogP contribution is 2.23. The van der Waals surface area contributed by atoms with Crippen LogP contribution in [0.2, 0.25) is 0 Å². The average molecular weight is 385 g/mol. The molecule has 1 saturated carbocycles. The van der Waals surface area contributed by atoms with Gasteiger partial charge in [-0.2, -0.15) is 0 Å². The SMILES string of the molecule is CCn1cc(C(=O)OCC(=O)NC2CCCCC2C)c(=O)c2ccc(C)nc21. The zero-order valence-corrected chi connectivity index (χ0v) is 16.7. The van der Waals surface area contributed by atoms with Gasteiger partial charge in [0.15, 0.2) is 6.61 Å². The van der Waals surface area contributed by atoms with Gasteiger partial charge >= 0.3 is 5.97 Å². The Hall–Kier alpha value is -2.70. The number of hydrogen-bond acceptors (Lipinski definition) is 5. The molecule has 3 rings (SSSR count). The Kier molecular flexibility index (Phi) is 6.11. The molecular formula is C21H27N3O4. The second-order valence-corrected chi connectivity index (χ2v) is 7.49. The molecular weight excluding hydrogens is 358 g/mol. The van der Waals surface area contributed by atoms with Crippen molar-refractivity contribution in [3.05, 3.63) is 39.8 Å². The van der Waals surface area contributed by atoms with Crippen molar-refractivity contribution in [3.63, 3.8) is 0 Å². The van der Waals surface area contributed by atoms with E-state index >= 15 is 0 Å². The van der Waals surface area contributed by atoms with Crippen LogP contribution in [-0.4, -0.2) is 34.1 Å². The first kappa shape index (κ1) is 20.0. The Morgan fingerprint density at radius 1 is 1.29 bits per heavy atom. The average Bonchev–Trinajstić information content (AvgIpc) is 2.68. The zero-order valence-electron chi connectivity index (χ0n) is 16.7. The summed E-state index contributed by atoms with van der Waals surface area (Å²) in [7, 11) is 0. The van der Waals surface area contributed by atoms with Crippen LogP contribution < -0.4 is 10.7 Å². The Morgan fingerprint density at radius 2 is 2.04 bits per heavy atom. The summed E-state index contributed by atoms with van der Waals surface area (Å²) in [6.07, 6.45) is 5.77. The highest BCUT2D eigenvalue weighted by atomic mass is 16.5. The van der Waals surface area contributed by atoms with Gasteiger partial charge < -0.3 is 14.6 Å². The number of carbonyl (C=O) groups excluding carboxylic acids is 2. The number of hydrogen-bond donors (Lipinski definition) is 1. The summed E-state index contributed by atoms with van der Waals surface area (Å²) >= 11 is 0. The summed E-state index contributed by atoms with van der Waals surface area (Å²) in [5, 5.41) is 3.30. The van der Waals surface area contributed by atoms with Crippen LogP contribution in [0.3, 0.4) is 0 Å². The largest absolute Gasteiger partial charge is 0.452 e. The van der Waals surface area contributed by atoms with Gasteiger partial charge in [0.05, 0.1) is 5.39 Å². The topological polar surface area (TPSA) is 90.3 Å². The van der Waals surface area contributed by atoms with Crippen molar-refractivity contribution in [3.8, 4) is 0 Å².